The second kappa shape index (κ2) is 11.5. The van der Waals surface area contributed by atoms with E-state index in [1.807, 2.05) is 34.0 Å². The molecular formula is C48H28S3. The highest BCUT2D eigenvalue weighted by molar-refractivity contribution is 7.27. The third-order valence-electron chi connectivity index (χ3n) is 10.3. The van der Waals surface area contributed by atoms with Crippen molar-refractivity contribution in [3.63, 3.8) is 0 Å². The molecule has 3 heterocycles. The van der Waals surface area contributed by atoms with E-state index in [9.17, 15) is 0 Å². The van der Waals surface area contributed by atoms with Crippen molar-refractivity contribution in [2.24, 2.45) is 0 Å². The minimum absolute atomic E-state index is 1.25. The first kappa shape index (κ1) is 29.2. The predicted molar refractivity (Wildman–Crippen MR) is 227 cm³/mol. The van der Waals surface area contributed by atoms with Crippen LogP contribution in [0.4, 0.5) is 0 Å². The maximum absolute atomic E-state index is 2.41. The Kier molecular flexibility index (Phi) is 6.57. The van der Waals surface area contributed by atoms with Crippen molar-refractivity contribution in [3.8, 4) is 43.1 Å². The molecule has 0 aliphatic heterocycles. The maximum atomic E-state index is 2.41. The standard InChI is InChI=1S/C48H28S3/c1-3-7-35-21-37(19-13-29(35)5-1)31-9-15-33(16-10-31)43-25-39-23-41-42-24-40-26-44(50-46(40)28-48(42)51-47(41)27-45(39)49-43)34-17-11-32(12-18-34)38-20-14-30-6-2-4-8-36(30)22-38/h1-28H. The molecule has 51 heavy (non-hydrogen) atoms. The Morgan fingerprint density at radius 3 is 1.08 bits per heavy atom. The highest BCUT2D eigenvalue weighted by Gasteiger charge is 2.14. The lowest BCUT2D eigenvalue weighted by Gasteiger charge is -2.05. The third kappa shape index (κ3) is 5.00. The molecular weight excluding hydrogens is 673 g/mol. The van der Waals surface area contributed by atoms with E-state index >= 15 is 0 Å². The van der Waals surface area contributed by atoms with Crippen LogP contribution in [-0.4, -0.2) is 0 Å². The van der Waals surface area contributed by atoms with E-state index in [0.717, 1.165) is 0 Å². The molecule has 0 saturated carbocycles. The monoisotopic (exact) mass is 700 g/mol. The summed E-state index contributed by atoms with van der Waals surface area (Å²) >= 11 is 5.70. The van der Waals surface area contributed by atoms with Crippen LogP contribution in [0.25, 0.3) is 105 Å². The molecule has 0 N–H and O–H groups in total. The molecule has 11 rings (SSSR count). The number of hydrogen-bond donors (Lipinski definition) is 0. The zero-order valence-electron chi connectivity index (χ0n) is 27.4. The van der Waals surface area contributed by atoms with E-state index in [2.05, 4.69) is 170 Å². The minimum atomic E-state index is 1.25. The Morgan fingerprint density at radius 2 is 0.627 bits per heavy atom. The van der Waals surface area contributed by atoms with Gasteiger partial charge in [-0.25, -0.2) is 0 Å². The molecule has 0 nitrogen and oxygen atoms in total. The first-order valence-electron chi connectivity index (χ1n) is 17.2. The second-order valence-corrected chi connectivity index (χ2v) is 16.6. The van der Waals surface area contributed by atoms with Gasteiger partial charge in [0.2, 0.25) is 0 Å². The lowest BCUT2D eigenvalue weighted by Crippen LogP contribution is -1.80. The summed E-state index contributed by atoms with van der Waals surface area (Å²) in [5.41, 5.74) is 7.55. The molecule has 0 aliphatic rings. The van der Waals surface area contributed by atoms with E-state index in [0.29, 0.717) is 0 Å². The number of benzene rings is 8. The fourth-order valence-corrected chi connectivity index (χ4v) is 11.0. The summed E-state index contributed by atoms with van der Waals surface area (Å²) in [5, 5.41) is 10.5. The van der Waals surface area contributed by atoms with Crippen molar-refractivity contribution in [2.75, 3.05) is 0 Å². The quantitative estimate of drug-likeness (QED) is 0.171. The van der Waals surface area contributed by atoms with Gasteiger partial charge in [0.05, 0.1) is 0 Å². The third-order valence-corrected chi connectivity index (χ3v) is 13.7. The summed E-state index contributed by atoms with van der Waals surface area (Å²) in [6.07, 6.45) is 0. The van der Waals surface area contributed by atoms with Crippen molar-refractivity contribution < 1.29 is 0 Å². The first-order chi connectivity index (χ1) is 25.2. The fraction of sp³-hybridized carbons (Fsp3) is 0. The molecule has 3 heteroatoms. The van der Waals surface area contributed by atoms with Crippen LogP contribution in [0.2, 0.25) is 0 Å². The number of rotatable bonds is 4. The lowest BCUT2D eigenvalue weighted by molar-refractivity contribution is 1.64. The zero-order valence-corrected chi connectivity index (χ0v) is 29.8. The summed E-state index contributed by atoms with van der Waals surface area (Å²) in [6, 6.07) is 63.1. The Hall–Kier alpha value is -5.58. The first-order valence-corrected chi connectivity index (χ1v) is 19.7. The topological polar surface area (TPSA) is 0 Å². The van der Waals surface area contributed by atoms with E-state index in [1.54, 1.807) is 0 Å². The van der Waals surface area contributed by atoms with Crippen molar-refractivity contribution >= 4 is 95.9 Å². The van der Waals surface area contributed by atoms with Crippen LogP contribution in [0.3, 0.4) is 0 Å². The molecule has 0 spiro atoms. The molecule has 8 aromatic carbocycles. The molecule has 0 radical (unpaired) electrons. The van der Waals surface area contributed by atoms with E-state index in [1.165, 1.54) is 105 Å². The number of hydrogen-bond acceptors (Lipinski definition) is 3. The van der Waals surface area contributed by atoms with Gasteiger partial charge >= 0.3 is 0 Å². The van der Waals surface area contributed by atoms with Crippen LogP contribution in [0.15, 0.2) is 170 Å². The molecule has 0 atom stereocenters. The van der Waals surface area contributed by atoms with Gasteiger partial charge in [-0.1, -0.05) is 121 Å². The highest BCUT2D eigenvalue weighted by atomic mass is 32.1. The minimum Gasteiger partial charge on any atom is -0.135 e. The van der Waals surface area contributed by atoms with Gasteiger partial charge in [0, 0.05) is 39.3 Å². The van der Waals surface area contributed by atoms with Crippen LogP contribution in [-0.2, 0) is 0 Å². The highest BCUT2D eigenvalue weighted by Crippen LogP contribution is 2.44. The molecule has 11 aromatic rings. The van der Waals surface area contributed by atoms with Gasteiger partial charge in [-0.05, 0) is 114 Å². The maximum Gasteiger partial charge on any atom is 0.0369 e. The molecule has 0 saturated heterocycles. The van der Waals surface area contributed by atoms with E-state index in [4.69, 9.17) is 0 Å². The molecule has 0 amide bonds. The van der Waals surface area contributed by atoms with Crippen LogP contribution in [0.1, 0.15) is 0 Å². The van der Waals surface area contributed by atoms with Crippen LogP contribution < -0.4 is 0 Å². The summed E-state index contributed by atoms with van der Waals surface area (Å²) < 4.78 is 5.41. The van der Waals surface area contributed by atoms with Crippen molar-refractivity contribution in [1.82, 2.24) is 0 Å². The average Bonchev–Trinajstić information content (AvgIpc) is 3.90. The van der Waals surface area contributed by atoms with Gasteiger partial charge in [0.15, 0.2) is 0 Å². The van der Waals surface area contributed by atoms with Gasteiger partial charge in [0.1, 0.15) is 0 Å². The van der Waals surface area contributed by atoms with Crippen molar-refractivity contribution in [1.29, 1.82) is 0 Å². The smallest absolute Gasteiger partial charge is 0.0369 e. The summed E-state index contributed by atoms with van der Waals surface area (Å²) in [6.45, 7) is 0. The van der Waals surface area contributed by atoms with Gasteiger partial charge in [0.25, 0.3) is 0 Å². The fourth-order valence-electron chi connectivity index (χ4n) is 7.52. The van der Waals surface area contributed by atoms with Crippen LogP contribution in [0.5, 0.6) is 0 Å². The predicted octanol–water partition coefficient (Wildman–Crippen LogP) is 15.5. The van der Waals surface area contributed by atoms with Crippen LogP contribution >= 0.6 is 34.0 Å². The zero-order chi connectivity index (χ0) is 33.5. The van der Waals surface area contributed by atoms with Gasteiger partial charge in [-0.3, -0.25) is 0 Å². The van der Waals surface area contributed by atoms with Crippen LogP contribution in [0, 0.1) is 0 Å². The molecule has 0 bridgehead atoms. The average molecular weight is 701 g/mol. The molecule has 0 aliphatic carbocycles. The number of thiophene rings is 3. The SMILES string of the molecule is c1ccc2cc(-c3ccc(-c4cc5cc6c(cc5s4)sc4cc5sc(-c7ccc(-c8ccc9ccccc9c8)cc7)cc5cc46)cc3)ccc2c1. The molecule has 0 unspecified atom stereocenters. The Labute approximate surface area is 307 Å². The normalized spacial score (nSPS) is 11.9. The molecule has 3 aromatic heterocycles. The molecule has 0 fully saturated rings. The van der Waals surface area contributed by atoms with Crippen molar-refractivity contribution in [2.45, 2.75) is 0 Å². The Balaban J connectivity index is 0.901. The van der Waals surface area contributed by atoms with E-state index in [-0.39, 0.29) is 0 Å². The summed E-state index contributed by atoms with van der Waals surface area (Å²) in [7, 11) is 0. The van der Waals surface area contributed by atoms with Gasteiger partial charge < -0.3 is 0 Å². The summed E-state index contributed by atoms with van der Waals surface area (Å²) in [4.78, 5) is 2.63. The second-order valence-electron chi connectivity index (χ2n) is 13.4. The summed E-state index contributed by atoms with van der Waals surface area (Å²) in [5.74, 6) is 0. The number of fused-ring (bicyclic) bond motifs is 7. The van der Waals surface area contributed by atoms with Crippen molar-refractivity contribution in [3.05, 3.63) is 170 Å². The molecule has 238 valence electrons. The van der Waals surface area contributed by atoms with Gasteiger partial charge in [-0.15, -0.1) is 34.0 Å². The van der Waals surface area contributed by atoms with E-state index < -0.39 is 0 Å². The Bertz CT molecular complexity index is 2900. The Morgan fingerprint density at radius 1 is 0.235 bits per heavy atom. The largest absolute Gasteiger partial charge is 0.135 e. The lowest BCUT2D eigenvalue weighted by atomic mass is 10.00. The van der Waals surface area contributed by atoms with Gasteiger partial charge in [-0.2, -0.15) is 0 Å².